The van der Waals surface area contributed by atoms with Crippen molar-refractivity contribution in [2.45, 2.75) is 12.8 Å². The van der Waals surface area contributed by atoms with Crippen molar-refractivity contribution in [1.29, 1.82) is 0 Å². The van der Waals surface area contributed by atoms with Gasteiger partial charge in [-0.2, -0.15) is 0 Å². The number of pyridine rings is 1. The first-order valence-electron chi connectivity index (χ1n) is 6.26. The van der Waals surface area contributed by atoms with E-state index in [0.29, 0.717) is 17.3 Å². The van der Waals surface area contributed by atoms with Gasteiger partial charge in [-0.25, -0.2) is 4.98 Å². The Balaban J connectivity index is 2.07. The first-order chi connectivity index (χ1) is 9.60. The van der Waals surface area contributed by atoms with Gasteiger partial charge in [-0.05, 0) is 30.7 Å². The van der Waals surface area contributed by atoms with Crippen LogP contribution in [0.4, 0.5) is 11.4 Å². The number of nitrogens with two attached hydrogens (primary N) is 1. The molecule has 1 aromatic carbocycles. The lowest BCUT2D eigenvalue weighted by atomic mass is 10.00. The van der Waals surface area contributed by atoms with Crippen molar-refractivity contribution >= 4 is 17.3 Å². The molecule has 1 aromatic heterocycles. The number of amides is 1. The predicted octanol–water partition coefficient (Wildman–Crippen LogP) is 2.41. The molecular formula is C15H17N3O2. The second kappa shape index (κ2) is 6.06. The summed E-state index contributed by atoms with van der Waals surface area (Å²) in [7, 11) is 1.54. The van der Waals surface area contributed by atoms with Gasteiger partial charge in [-0.1, -0.05) is 12.1 Å². The molecule has 1 amide bonds. The fraction of sp³-hybridized carbons (Fsp3) is 0.200. The lowest BCUT2D eigenvalue weighted by Gasteiger charge is -2.13. The maximum absolute atomic E-state index is 12.2. The smallest absolute Gasteiger partial charge is 0.231 e. The molecule has 20 heavy (non-hydrogen) atoms. The van der Waals surface area contributed by atoms with Gasteiger partial charge in [0.25, 0.3) is 0 Å². The summed E-state index contributed by atoms with van der Waals surface area (Å²) >= 11 is 0. The first-order valence-corrected chi connectivity index (χ1v) is 6.26. The summed E-state index contributed by atoms with van der Waals surface area (Å²) < 4.78 is 4.97. The summed E-state index contributed by atoms with van der Waals surface area (Å²) in [5.74, 6) is 0.107. The number of aromatic nitrogens is 1. The van der Waals surface area contributed by atoms with E-state index in [0.717, 1.165) is 5.56 Å². The number of carbonyl (C=O) groups is 1. The SMILES string of the molecule is COc1ccc(NC(=O)C(C)c2cccc(N)c2)cn1. The highest BCUT2D eigenvalue weighted by molar-refractivity contribution is 5.95. The summed E-state index contributed by atoms with van der Waals surface area (Å²) in [5, 5.41) is 2.81. The van der Waals surface area contributed by atoms with E-state index in [1.54, 1.807) is 37.6 Å². The average molecular weight is 271 g/mol. The molecule has 1 atom stereocenters. The number of methoxy groups -OCH3 is 1. The van der Waals surface area contributed by atoms with Crippen molar-refractivity contribution in [3.8, 4) is 5.88 Å². The lowest BCUT2D eigenvalue weighted by Crippen LogP contribution is -2.19. The zero-order valence-corrected chi connectivity index (χ0v) is 11.5. The number of nitrogen functional groups attached to an aromatic ring is 1. The Bertz CT molecular complexity index is 596. The molecule has 0 aliphatic rings. The number of nitrogens with one attached hydrogen (secondary N) is 1. The van der Waals surface area contributed by atoms with E-state index in [-0.39, 0.29) is 11.8 Å². The molecule has 0 fully saturated rings. The predicted molar refractivity (Wildman–Crippen MR) is 78.7 cm³/mol. The van der Waals surface area contributed by atoms with E-state index in [9.17, 15) is 4.79 Å². The molecule has 0 saturated heterocycles. The van der Waals surface area contributed by atoms with Crippen molar-refractivity contribution in [1.82, 2.24) is 4.98 Å². The zero-order valence-electron chi connectivity index (χ0n) is 11.5. The Morgan fingerprint density at radius 1 is 1.35 bits per heavy atom. The van der Waals surface area contributed by atoms with Gasteiger partial charge in [-0.3, -0.25) is 4.79 Å². The zero-order chi connectivity index (χ0) is 14.5. The van der Waals surface area contributed by atoms with E-state index >= 15 is 0 Å². The number of hydrogen-bond acceptors (Lipinski definition) is 4. The molecule has 0 spiro atoms. The van der Waals surface area contributed by atoms with Gasteiger partial charge in [0, 0.05) is 11.8 Å². The van der Waals surface area contributed by atoms with Crippen molar-refractivity contribution in [3.05, 3.63) is 48.2 Å². The van der Waals surface area contributed by atoms with E-state index in [1.165, 1.54) is 0 Å². The highest BCUT2D eigenvalue weighted by Gasteiger charge is 2.15. The molecule has 1 unspecified atom stereocenters. The standard InChI is InChI=1S/C15H17N3O2/c1-10(11-4-3-5-12(16)8-11)15(19)18-13-6-7-14(20-2)17-9-13/h3-10H,16H2,1-2H3,(H,18,19). The Labute approximate surface area is 117 Å². The number of ether oxygens (including phenoxy) is 1. The van der Waals surface area contributed by atoms with Crippen LogP contribution in [-0.2, 0) is 4.79 Å². The molecule has 5 nitrogen and oxygen atoms in total. The third kappa shape index (κ3) is 3.26. The number of carbonyl (C=O) groups excluding carboxylic acids is 1. The maximum atomic E-state index is 12.2. The van der Waals surface area contributed by atoms with Crippen LogP contribution in [0.2, 0.25) is 0 Å². The topological polar surface area (TPSA) is 77.2 Å². The molecule has 0 saturated carbocycles. The van der Waals surface area contributed by atoms with Crippen molar-refractivity contribution in [3.63, 3.8) is 0 Å². The Morgan fingerprint density at radius 2 is 2.15 bits per heavy atom. The second-order valence-corrected chi connectivity index (χ2v) is 4.47. The van der Waals surface area contributed by atoms with Crippen LogP contribution >= 0.6 is 0 Å². The van der Waals surface area contributed by atoms with Gasteiger partial charge in [-0.15, -0.1) is 0 Å². The van der Waals surface area contributed by atoms with E-state index in [2.05, 4.69) is 10.3 Å². The van der Waals surface area contributed by atoms with Crippen molar-refractivity contribution in [2.75, 3.05) is 18.2 Å². The third-order valence-electron chi connectivity index (χ3n) is 3.02. The largest absolute Gasteiger partial charge is 0.481 e. The average Bonchev–Trinajstić information content (AvgIpc) is 2.47. The monoisotopic (exact) mass is 271 g/mol. The van der Waals surface area contributed by atoms with Gasteiger partial charge in [0.15, 0.2) is 0 Å². The van der Waals surface area contributed by atoms with E-state index in [1.807, 2.05) is 19.1 Å². The normalized spacial score (nSPS) is 11.7. The van der Waals surface area contributed by atoms with Gasteiger partial charge in [0.2, 0.25) is 11.8 Å². The van der Waals surface area contributed by atoms with Crippen LogP contribution in [0.3, 0.4) is 0 Å². The molecule has 0 bridgehead atoms. The molecule has 5 heteroatoms. The minimum absolute atomic E-state index is 0.109. The van der Waals surface area contributed by atoms with Crippen molar-refractivity contribution < 1.29 is 9.53 Å². The second-order valence-electron chi connectivity index (χ2n) is 4.47. The third-order valence-corrected chi connectivity index (χ3v) is 3.02. The number of nitrogens with zero attached hydrogens (tertiary/aromatic N) is 1. The summed E-state index contributed by atoms with van der Waals surface area (Å²) in [5.41, 5.74) is 7.88. The van der Waals surface area contributed by atoms with Crippen LogP contribution in [0.5, 0.6) is 5.88 Å². The molecule has 2 aromatic rings. The van der Waals surface area contributed by atoms with E-state index in [4.69, 9.17) is 10.5 Å². The molecular weight excluding hydrogens is 254 g/mol. The quantitative estimate of drug-likeness (QED) is 0.837. The number of rotatable bonds is 4. The lowest BCUT2D eigenvalue weighted by molar-refractivity contribution is -0.117. The van der Waals surface area contributed by atoms with Crippen LogP contribution in [0, 0.1) is 0 Å². The van der Waals surface area contributed by atoms with Gasteiger partial charge >= 0.3 is 0 Å². The highest BCUT2D eigenvalue weighted by atomic mass is 16.5. The summed E-state index contributed by atoms with van der Waals surface area (Å²) in [6.45, 7) is 1.83. The molecule has 3 N–H and O–H groups in total. The van der Waals surface area contributed by atoms with Gasteiger partial charge < -0.3 is 15.8 Å². The molecule has 1 heterocycles. The number of anilines is 2. The molecule has 0 radical (unpaired) electrons. The van der Waals surface area contributed by atoms with Crippen molar-refractivity contribution in [2.24, 2.45) is 0 Å². The highest BCUT2D eigenvalue weighted by Crippen LogP contribution is 2.20. The number of hydrogen-bond donors (Lipinski definition) is 2. The number of benzene rings is 1. The fourth-order valence-corrected chi connectivity index (χ4v) is 1.81. The maximum Gasteiger partial charge on any atom is 0.231 e. The minimum Gasteiger partial charge on any atom is -0.481 e. The molecule has 0 aliphatic heterocycles. The summed E-state index contributed by atoms with van der Waals surface area (Å²) in [6, 6.07) is 10.8. The van der Waals surface area contributed by atoms with Crippen LogP contribution in [-0.4, -0.2) is 18.0 Å². The molecule has 104 valence electrons. The Hall–Kier alpha value is -2.56. The van der Waals surface area contributed by atoms with Crippen LogP contribution in [0.25, 0.3) is 0 Å². The van der Waals surface area contributed by atoms with Crippen LogP contribution in [0.1, 0.15) is 18.4 Å². The fourth-order valence-electron chi connectivity index (χ4n) is 1.81. The van der Waals surface area contributed by atoms with Gasteiger partial charge in [0.1, 0.15) is 0 Å². The van der Waals surface area contributed by atoms with Crippen LogP contribution < -0.4 is 15.8 Å². The van der Waals surface area contributed by atoms with Crippen LogP contribution in [0.15, 0.2) is 42.6 Å². The Kier molecular flexibility index (Phi) is 4.20. The minimum atomic E-state index is -0.291. The Morgan fingerprint density at radius 3 is 2.75 bits per heavy atom. The first kappa shape index (κ1) is 13.9. The molecule has 2 rings (SSSR count). The summed E-state index contributed by atoms with van der Waals surface area (Å²) in [4.78, 5) is 16.2. The molecule has 0 aliphatic carbocycles. The summed E-state index contributed by atoms with van der Waals surface area (Å²) in [6.07, 6.45) is 1.56. The van der Waals surface area contributed by atoms with Gasteiger partial charge in [0.05, 0.1) is 24.9 Å². The van der Waals surface area contributed by atoms with E-state index < -0.39 is 0 Å².